The van der Waals surface area contributed by atoms with Crippen molar-refractivity contribution in [3.05, 3.63) is 89.1 Å². The summed E-state index contributed by atoms with van der Waals surface area (Å²) in [7, 11) is 0. The first-order chi connectivity index (χ1) is 15.3. The SMILES string of the molecule is O=C(c1ccc(N2CCC(Cc3ccccc3)CC2)nn1)N1CCc2ccccc2C1. The summed E-state index contributed by atoms with van der Waals surface area (Å²) in [5.74, 6) is 1.56. The molecule has 2 aliphatic rings. The molecule has 31 heavy (non-hydrogen) atoms. The number of fused-ring (bicyclic) bond motifs is 1. The number of rotatable bonds is 4. The number of anilines is 1. The van der Waals surface area contributed by atoms with Crippen LogP contribution in [0.3, 0.4) is 0 Å². The van der Waals surface area contributed by atoms with E-state index in [0.29, 0.717) is 12.2 Å². The van der Waals surface area contributed by atoms with Gasteiger partial charge < -0.3 is 9.80 Å². The quantitative estimate of drug-likeness (QED) is 0.646. The molecule has 2 aliphatic heterocycles. The van der Waals surface area contributed by atoms with Crippen molar-refractivity contribution in [2.24, 2.45) is 5.92 Å². The summed E-state index contributed by atoms with van der Waals surface area (Å²) in [5.41, 5.74) is 4.42. The Balaban J connectivity index is 1.18. The van der Waals surface area contributed by atoms with Gasteiger partial charge in [0.05, 0.1) is 0 Å². The molecular weight excluding hydrogens is 384 g/mol. The maximum atomic E-state index is 12.9. The summed E-state index contributed by atoms with van der Waals surface area (Å²) in [6.07, 6.45) is 4.35. The van der Waals surface area contributed by atoms with Crippen LogP contribution in [-0.4, -0.2) is 40.6 Å². The Morgan fingerprint density at radius 1 is 0.839 bits per heavy atom. The van der Waals surface area contributed by atoms with Crippen molar-refractivity contribution in [2.75, 3.05) is 24.5 Å². The topological polar surface area (TPSA) is 49.3 Å². The fourth-order valence-electron chi connectivity index (χ4n) is 4.75. The number of aromatic nitrogens is 2. The van der Waals surface area contributed by atoms with Crippen molar-refractivity contribution in [2.45, 2.75) is 32.2 Å². The fourth-order valence-corrected chi connectivity index (χ4v) is 4.75. The summed E-state index contributed by atoms with van der Waals surface area (Å²) in [4.78, 5) is 17.1. The molecule has 1 fully saturated rings. The molecule has 2 aromatic carbocycles. The highest BCUT2D eigenvalue weighted by atomic mass is 16.2. The highest BCUT2D eigenvalue weighted by Crippen LogP contribution is 2.25. The number of hydrogen-bond donors (Lipinski definition) is 0. The van der Waals surface area contributed by atoms with Gasteiger partial charge in [-0.2, -0.15) is 0 Å². The molecule has 5 nitrogen and oxygen atoms in total. The molecule has 0 unspecified atom stereocenters. The average Bonchev–Trinajstić information content (AvgIpc) is 2.84. The van der Waals surface area contributed by atoms with Gasteiger partial charge in [0, 0.05) is 26.2 Å². The normalized spacial score (nSPS) is 16.8. The van der Waals surface area contributed by atoms with E-state index in [2.05, 4.69) is 63.6 Å². The lowest BCUT2D eigenvalue weighted by Gasteiger charge is -2.32. The Morgan fingerprint density at radius 3 is 2.32 bits per heavy atom. The van der Waals surface area contributed by atoms with Crippen LogP contribution in [-0.2, 0) is 19.4 Å². The van der Waals surface area contributed by atoms with Crippen LogP contribution < -0.4 is 4.90 Å². The number of carbonyl (C=O) groups is 1. The highest BCUT2D eigenvalue weighted by Gasteiger charge is 2.24. The van der Waals surface area contributed by atoms with E-state index >= 15 is 0 Å². The zero-order valence-electron chi connectivity index (χ0n) is 17.8. The number of benzene rings is 2. The van der Waals surface area contributed by atoms with E-state index in [-0.39, 0.29) is 5.91 Å². The molecule has 0 bridgehead atoms. The zero-order chi connectivity index (χ0) is 21.0. The third-order valence-electron chi connectivity index (χ3n) is 6.59. The molecule has 1 aromatic heterocycles. The molecule has 0 atom stereocenters. The summed E-state index contributed by atoms with van der Waals surface area (Å²) >= 11 is 0. The fraction of sp³-hybridized carbons (Fsp3) is 0.346. The standard InChI is InChI=1S/C26H28N4O/c31-26(30-17-14-22-8-4-5-9-23(22)19-30)24-10-11-25(28-27-24)29-15-12-21(13-16-29)18-20-6-2-1-3-7-20/h1-11,21H,12-19H2. The third kappa shape index (κ3) is 4.46. The van der Waals surface area contributed by atoms with Crippen molar-refractivity contribution >= 4 is 11.7 Å². The van der Waals surface area contributed by atoms with E-state index < -0.39 is 0 Å². The minimum Gasteiger partial charge on any atom is -0.355 e. The van der Waals surface area contributed by atoms with Crippen LogP contribution in [0.4, 0.5) is 5.82 Å². The van der Waals surface area contributed by atoms with Gasteiger partial charge in [-0.15, -0.1) is 10.2 Å². The molecule has 0 spiro atoms. The Kier molecular flexibility index (Phi) is 5.65. The maximum Gasteiger partial charge on any atom is 0.274 e. The molecule has 0 saturated carbocycles. The van der Waals surface area contributed by atoms with Gasteiger partial charge in [-0.25, -0.2) is 0 Å². The van der Waals surface area contributed by atoms with Crippen LogP contribution in [0.2, 0.25) is 0 Å². The lowest BCUT2D eigenvalue weighted by Crippen LogP contribution is -2.37. The minimum absolute atomic E-state index is 0.0323. The first-order valence-electron chi connectivity index (χ1n) is 11.2. The number of nitrogens with zero attached hydrogens (tertiary/aromatic N) is 4. The Morgan fingerprint density at radius 2 is 1.58 bits per heavy atom. The average molecular weight is 413 g/mol. The number of hydrogen-bond acceptors (Lipinski definition) is 4. The van der Waals surface area contributed by atoms with Crippen LogP contribution in [0.15, 0.2) is 66.7 Å². The van der Waals surface area contributed by atoms with Gasteiger partial charge in [0.2, 0.25) is 0 Å². The van der Waals surface area contributed by atoms with Gasteiger partial charge in [0.15, 0.2) is 11.5 Å². The van der Waals surface area contributed by atoms with Crippen LogP contribution in [0.1, 0.15) is 40.0 Å². The van der Waals surface area contributed by atoms with Crippen molar-refractivity contribution in [3.63, 3.8) is 0 Å². The second kappa shape index (κ2) is 8.88. The highest BCUT2D eigenvalue weighted by molar-refractivity contribution is 5.92. The van der Waals surface area contributed by atoms with E-state index in [0.717, 1.165) is 57.1 Å². The molecule has 158 valence electrons. The first kappa shape index (κ1) is 19.7. The Hall–Kier alpha value is -3.21. The molecule has 0 aliphatic carbocycles. The third-order valence-corrected chi connectivity index (χ3v) is 6.59. The summed E-state index contributed by atoms with van der Waals surface area (Å²) in [6.45, 7) is 3.35. The van der Waals surface area contributed by atoms with Crippen molar-refractivity contribution in [1.82, 2.24) is 15.1 Å². The molecule has 3 aromatic rings. The second-order valence-corrected chi connectivity index (χ2v) is 8.64. The summed E-state index contributed by atoms with van der Waals surface area (Å²) in [6, 6.07) is 22.9. The van der Waals surface area contributed by atoms with E-state index in [4.69, 9.17) is 0 Å². The van der Waals surface area contributed by atoms with E-state index in [1.807, 2.05) is 23.1 Å². The molecule has 3 heterocycles. The molecule has 1 amide bonds. The van der Waals surface area contributed by atoms with Crippen LogP contribution in [0.5, 0.6) is 0 Å². The van der Waals surface area contributed by atoms with Crippen LogP contribution in [0, 0.1) is 5.92 Å². The molecule has 5 rings (SSSR count). The van der Waals surface area contributed by atoms with Gasteiger partial charge in [-0.05, 0) is 60.4 Å². The van der Waals surface area contributed by atoms with E-state index in [1.54, 1.807) is 0 Å². The molecule has 5 heteroatoms. The molecule has 0 N–H and O–H groups in total. The molecule has 0 radical (unpaired) electrons. The largest absolute Gasteiger partial charge is 0.355 e. The Labute approximate surface area is 183 Å². The summed E-state index contributed by atoms with van der Waals surface area (Å²) in [5, 5.41) is 8.69. The van der Waals surface area contributed by atoms with Gasteiger partial charge >= 0.3 is 0 Å². The van der Waals surface area contributed by atoms with Crippen LogP contribution in [0.25, 0.3) is 0 Å². The van der Waals surface area contributed by atoms with E-state index in [1.165, 1.54) is 16.7 Å². The monoisotopic (exact) mass is 412 g/mol. The number of carbonyl (C=O) groups excluding carboxylic acids is 1. The van der Waals surface area contributed by atoms with Crippen LogP contribution >= 0.6 is 0 Å². The van der Waals surface area contributed by atoms with Crippen molar-refractivity contribution < 1.29 is 4.79 Å². The maximum absolute atomic E-state index is 12.9. The van der Waals surface area contributed by atoms with Gasteiger partial charge in [-0.3, -0.25) is 4.79 Å². The van der Waals surface area contributed by atoms with Gasteiger partial charge in [-0.1, -0.05) is 54.6 Å². The van der Waals surface area contributed by atoms with Crippen molar-refractivity contribution in [3.8, 4) is 0 Å². The van der Waals surface area contributed by atoms with E-state index in [9.17, 15) is 4.79 Å². The van der Waals surface area contributed by atoms with Gasteiger partial charge in [0.25, 0.3) is 5.91 Å². The Bertz CT molecular complexity index is 1030. The predicted octanol–water partition coefficient (Wildman–Crippen LogP) is 4.13. The lowest BCUT2D eigenvalue weighted by molar-refractivity contribution is 0.0727. The number of piperidine rings is 1. The lowest BCUT2D eigenvalue weighted by atomic mass is 9.90. The predicted molar refractivity (Wildman–Crippen MR) is 122 cm³/mol. The van der Waals surface area contributed by atoms with Gasteiger partial charge in [0.1, 0.15) is 0 Å². The first-order valence-corrected chi connectivity index (χ1v) is 11.2. The smallest absolute Gasteiger partial charge is 0.274 e. The summed E-state index contributed by atoms with van der Waals surface area (Å²) < 4.78 is 0. The number of amides is 1. The second-order valence-electron chi connectivity index (χ2n) is 8.64. The molecule has 1 saturated heterocycles. The van der Waals surface area contributed by atoms with Crippen molar-refractivity contribution in [1.29, 1.82) is 0 Å². The zero-order valence-corrected chi connectivity index (χ0v) is 17.8. The molecular formula is C26H28N4O. The minimum atomic E-state index is -0.0323.